The highest BCUT2D eigenvalue weighted by molar-refractivity contribution is 5.71. The Hall–Kier alpha value is -3.15. The Morgan fingerprint density at radius 1 is 0.344 bits per heavy atom. The molecule has 0 spiro atoms. The smallest absolute Gasteiger partial charge is 0.306 e. The topological polar surface area (TPSA) is 78.9 Å². The van der Waals surface area contributed by atoms with Crippen molar-refractivity contribution < 1.29 is 28.6 Å². The van der Waals surface area contributed by atoms with Crippen molar-refractivity contribution in [1.82, 2.24) is 0 Å². The summed E-state index contributed by atoms with van der Waals surface area (Å²) in [7, 11) is 0. The molecule has 0 aromatic rings. The van der Waals surface area contributed by atoms with Gasteiger partial charge in [0.15, 0.2) is 6.10 Å². The third kappa shape index (κ3) is 47.7. The lowest BCUT2D eigenvalue weighted by Gasteiger charge is -2.18. The fraction of sp³-hybridized carbons (Fsp3) is 0.727. The van der Waals surface area contributed by atoms with Gasteiger partial charge in [-0.15, -0.1) is 0 Å². The van der Waals surface area contributed by atoms with Gasteiger partial charge in [0.2, 0.25) is 0 Å². The van der Waals surface area contributed by atoms with Gasteiger partial charge in [-0.05, 0) is 89.9 Å². The van der Waals surface area contributed by atoms with Gasteiger partial charge in [-0.2, -0.15) is 0 Å². The first-order chi connectivity index (χ1) is 30.0. The van der Waals surface area contributed by atoms with E-state index < -0.39 is 6.10 Å². The molecule has 0 heterocycles. The van der Waals surface area contributed by atoms with Gasteiger partial charge in [-0.25, -0.2) is 0 Å². The molecule has 0 rings (SSSR count). The molecule has 0 aliphatic carbocycles. The largest absolute Gasteiger partial charge is 0.462 e. The third-order valence-corrected chi connectivity index (χ3v) is 10.7. The zero-order valence-electron chi connectivity index (χ0n) is 39.9. The molecule has 6 heteroatoms. The van der Waals surface area contributed by atoms with Crippen molar-refractivity contribution >= 4 is 17.9 Å². The van der Waals surface area contributed by atoms with Gasteiger partial charge >= 0.3 is 17.9 Å². The molecule has 0 radical (unpaired) electrons. The molecule has 1 atom stereocenters. The van der Waals surface area contributed by atoms with Crippen LogP contribution in [-0.4, -0.2) is 37.2 Å². The molecule has 0 bridgehead atoms. The molecule has 0 saturated carbocycles. The van der Waals surface area contributed by atoms with E-state index in [1.165, 1.54) is 122 Å². The number of hydrogen-bond donors (Lipinski definition) is 0. The molecule has 0 N–H and O–H groups in total. The zero-order chi connectivity index (χ0) is 44.4. The number of hydrogen-bond acceptors (Lipinski definition) is 6. The zero-order valence-corrected chi connectivity index (χ0v) is 39.9. The first-order valence-electron chi connectivity index (χ1n) is 25.5. The van der Waals surface area contributed by atoms with Crippen molar-refractivity contribution in [3.63, 3.8) is 0 Å². The quantitative estimate of drug-likeness (QED) is 0.0200. The average molecular weight is 851 g/mol. The number of carbonyl (C=O) groups is 3. The Bertz CT molecular complexity index is 1160. The van der Waals surface area contributed by atoms with E-state index in [0.717, 1.165) is 70.6 Å². The second kappa shape index (κ2) is 49.5. The molecule has 0 aromatic carbocycles. The third-order valence-electron chi connectivity index (χ3n) is 10.7. The Labute approximate surface area is 376 Å². The molecule has 0 aliphatic rings. The van der Waals surface area contributed by atoms with E-state index in [9.17, 15) is 14.4 Å². The minimum atomic E-state index is -0.808. The summed E-state index contributed by atoms with van der Waals surface area (Å²) in [5, 5.41) is 0. The predicted octanol–water partition coefficient (Wildman–Crippen LogP) is 16.6. The van der Waals surface area contributed by atoms with E-state index in [2.05, 4.69) is 87.6 Å². The Morgan fingerprint density at radius 3 is 1.13 bits per heavy atom. The fourth-order valence-corrected chi connectivity index (χ4v) is 6.83. The van der Waals surface area contributed by atoms with E-state index in [-0.39, 0.29) is 37.5 Å². The molecule has 0 aromatic heterocycles. The van der Waals surface area contributed by atoms with E-state index in [1.807, 2.05) is 6.08 Å². The summed E-state index contributed by atoms with van der Waals surface area (Å²) in [6.45, 7) is 6.49. The van der Waals surface area contributed by atoms with Gasteiger partial charge in [0, 0.05) is 19.3 Å². The maximum atomic E-state index is 12.8. The van der Waals surface area contributed by atoms with Crippen LogP contribution in [0.5, 0.6) is 0 Å². The molecule has 1 unspecified atom stereocenters. The Morgan fingerprint density at radius 2 is 0.672 bits per heavy atom. The van der Waals surface area contributed by atoms with Crippen LogP contribution in [0, 0.1) is 0 Å². The first-order valence-corrected chi connectivity index (χ1v) is 25.5. The summed E-state index contributed by atoms with van der Waals surface area (Å²) in [5.74, 6) is -0.997. The van der Waals surface area contributed by atoms with Gasteiger partial charge in [-0.1, -0.05) is 203 Å². The van der Waals surface area contributed by atoms with Gasteiger partial charge in [0.25, 0.3) is 0 Å². The lowest BCUT2D eigenvalue weighted by Crippen LogP contribution is -2.30. The standard InChI is InChI=1S/C55H94O6/c1-4-7-10-13-16-19-22-25-27-30-33-36-39-42-45-48-54(57)60-51-52(50-59-53(56)47-44-41-38-35-32-29-24-21-18-15-12-9-6-3)61-55(58)49-46-43-40-37-34-31-28-26-23-20-17-14-11-8-5-2/h16-17,19-20,22-23,25-26,29,32,38,41,52H,4-15,18,21,24,27-28,30-31,33-37,39-40,42-51H2,1-3H3/b19-16+,20-17+,25-22+,26-23+,32-29+,41-38+. The maximum Gasteiger partial charge on any atom is 0.306 e. The van der Waals surface area contributed by atoms with Crippen LogP contribution in [0.15, 0.2) is 72.9 Å². The lowest BCUT2D eigenvalue weighted by molar-refractivity contribution is -0.166. The van der Waals surface area contributed by atoms with Gasteiger partial charge in [0.1, 0.15) is 13.2 Å². The molecular formula is C55H94O6. The van der Waals surface area contributed by atoms with Gasteiger partial charge in [0.05, 0.1) is 0 Å². The first kappa shape index (κ1) is 57.9. The van der Waals surface area contributed by atoms with E-state index in [4.69, 9.17) is 14.2 Å². The highest BCUT2D eigenvalue weighted by atomic mass is 16.6. The van der Waals surface area contributed by atoms with Crippen molar-refractivity contribution in [3.8, 4) is 0 Å². The van der Waals surface area contributed by atoms with Crippen LogP contribution in [0.2, 0.25) is 0 Å². The number of allylic oxidation sites excluding steroid dienone is 12. The van der Waals surface area contributed by atoms with Crippen LogP contribution in [0.3, 0.4) is 0 Å². The van der Waals surface area contributed by atoms with Crippen LogP contribution in [-0.2, 0) is 28.6 Å². The van der Waals surface area contributed by atoms with Crippen LogP contribution < -0.4 is 0 Å². The number of carbonyl (C=O) groups excluding carboxylic acids is 3. The Kier molecular flexibility index (Phi) is 46.9. The van der Waals surface area contributed by atoms with Crippen LogP contribution in [0.1, 0.15) is 239 Å². The molecule has 61 heavy (non-hydrogen) atoms. The minimum Gasteiger partial charge on any atom is -0.462 e. The van der Waals surface area contributed by atoms with Crippen LogP contribution in [0.4, 0.5) is 0 Å². The van der Waals surface area contributed by atoms with E-state index in [1.54, 1.807) is 0 Å². The predicted molar refractivity (Wildman–Crippen MR) is 261 cm³/mol. The molecule has 6 nitrogen and oxygen atoms in total. The number of rotatable bonds is 45. The van der Waals surface area contributed by atoms with Gasteiger partial charge < -0.3 is 14.2 Å². The summed E-state index contributed by atoms with van der Waals surface area (Å²) < 4.78 is 16.7. The SMILES string of the molecule is CCCCC/C=C/C=C/CCCCCCCCC(=O)OCC(COC(=O)CC/C=C/C/C=C/CCCCCCCC)OC(=O)CCCCCCCC/C=C/C=C/CCCCC. The summed E-state index contributed by atoms with van der Waals surface area (Å²) >= 11 is 0. The summed E-state index contributed by atoms with van der Waals surface area (Å²) in [5.41, 5.74) is 0. The second-order valence-corrected chi connectivity index (χ2v) is 16.8. The average Bonchev–Trinajstić information content (AvgIpc) is 3.26. The number of unbranched alkanes of at least 4 members (excludes halogenated alkanes) is 24. The molecule has 0 fully saturated rings. The summed E-state index contributed by atoms with van der Waals surface area (Å²) in [6.07, 6.45) is 61.7. The van der Waals surface area contributed by atoms with Crippen molar-refractivity contribution in [3.05, 3.63) is 72.9 Å². The van der Waals surface area contributed by atoms with E-state index >= 15 is 0 Å². The van der Waals surface area contributed by atoms with Crippen molar-refractivity contribution in [2.45, 2.75) is 245 Å². The summed E-state index contributed by atoms with van der Waals surface area (Å²) in [4.78, 5) is 37.9. The minimum absolute atomic E-state index is 0.104. The summed E-state index contributed by atoms with van der Waals surface area (Å²) in [6, 6.07) is 0. The van der Waals surface area contributed by atoms with Crippen LogP contribution >= 0.6 is 0 Å². The molecule has 350 valence electrons. The van der Waals surface area contributed by atoms with Crippen molar-refractivity contribution in [1.29, 1.82) is 0 Å². The molecular weight excluding hydrogens is 757 g/mol. The molecule has 0 aliphatic heterocycles. The van der Waals surface area contributed by atoms with E-state index in [0.29, 0.717) is 19.3 Å². The second-order valence-electron chi connectivity index (χ2n) is 16.8. The highest BCUT2D eigenvalue weighted by Crippen LogP contribution is 2.13. The number of ether oxygens (including phenoxy) is 3. The normalized spacial score (nSPS) is 12.6. The molecule has 0 amide bonds. The van der Waals surface area contributed by atoms with Crippen LogP contribution in [0.25, 0.3) is 0 Å². The van der Waals surface area contributed by atoms with Gasteiger partial charge in [-0.3, -0.25) is 14.4 Å². The maximum absolute atomic E-state index is 12.8. The van der Waals surface area contributed by atoms with Crippen molar-refractivity contribution in [2.75, 3.05) is 13.2 Å². The monoisotopic (exact) mass is 851 g/mol. The fourth-order valence-electron chi connectivity index (χ4n) is 6.83. The highest BCUT2D eigenvalue weighted by Gasteiger charge is 2.19. The van der Waals surface area contributed by atoms with Crippen molar-refractivity contribution in [2.24, 2.45) is 0 Å². The Balaban J connectivity index is 4.49. The number of esters is 3. The lowest BCUT2D eigenvalue weighted by atomic mass is 10.1. The molecule has 0 saturated heterocycles.